The quantitative estimate of drug-likeness (QED) is 0.576. The number of Topliss-reactive ketones (excluding diaryl/α,β-unsaturated/α-hetero) is 1. The zero-order chi connectivity index (χ0) is 18.3. The molecular formula is C18H31NO4Si. The van der Waals surface area contributed by atoms with Crippen molar-refractivity contribution < 1.29 is 19.1 Å². The van der Waals surface area contributed by atoms with Crippen LogP contribution in [-0.4, -0.2) is 55.7 Å². The third-order valence-electron chi connectivity index (χ3n) is 4.70. The fourth-order valence-corrected chi connectivity index (χ4v) is 4.30. The van der Waals surface area contributed by atoms with Crippen LogP contribution in [-0.2, 0) is 14.3 Å². The van der Waals surface area contributed by atoms with Gasteiger partial charge < -0.3 is 9.47 Å². The van der Waals surface area contributed by atoms with Gasteiger partial charge in [-0.3, -0.25) is 9.69 Å². The van der Waals surface area contributed by atoms with E-state index in [4.69, 9.17) is 9.47 Å². The van der Waals surface area contributed by atoms with Crippen molar-refractivity contribution in [2.75, 3.05) is 13.2 Å². The molecule has 2 aliphatic rings. The summed E-state index contributed by atoms with van der Waals surface area (Å²) in [6.07, 6.45) is 0.978. The molecule has 0 saturated carbocycles. The van der Waals surface area contributed by atoms with Gasteiger partial charge in [-0.15, -0.1) is 0 Å². The summed E-state index contributed by atoms with van der Waals surface area (Å²) < 4.78 is 11.2. The number of carbonyl (C=O) groups is 2. The summed E-state index contributed by atoms with van der Waals surface area (Å²) >= 11 is 0. The van der Waals surface area contributed by atoms with Gasteiger partial charge in [0.15, 0.2) is 5.78 Å². The van der Waals surface area contributed by atoms with E-state index in [1.165, 1.54) is 0 Å². The molecule has 2 fully saturated rings. The number of fused-ring (bicyclic) bond motifs is 2. The predicted octanol–water partition coefficient (Wildman–Crippen LogP) is 3.40. The molecule has 136 valence electrons. The van der Waals surface area contributed by atoms with E-state index in [1.54, 1.807) is 4.90 Å². The van der Waals surface area contributed by atoms with Crippen molar-refractivity contribution in [3.63, 3.8) is 0 Å². The fourth-order valence-electron chi connectivity index (χ4n) is 3.36. The number of hydrogen-bond acceptors (Lipinski definition) is 4. The SMILES string of the molecule is C=C(C(=O)C1CC2COCC(C1)N2C(=O)OC(C)(C)C)[Si](C)(C)C. The lowest BCUT2D eigenvalue weighted by Gasteiger charge is -2.48. The highest BCUT2D eigenvalue weighted by Gasteiger charge is 2.46. The van der Waals surface area contributed by atoms with Crippen LogP contribution in [0.4, 0.5) is 4.79 Å². The van der Waals surface area contributed by atoms with Gasteiger partial charge in [0, 0.05) is 5.92 Å². The van der Waals surface area contributed by atoms with Gasteiger partial charge in [0.2, 0.25) is 0 Å². The molecule has 2 rings (SSSR count). The van der Waals surface area contributed by atoms with Gasteiger partial charge in [0.05, 0.1) is 33.4 Å². The van der Waals surface area contributed by atoms with Gasteiger partial charge in [-0.2, -0.15) is 0 Å². The van der Waals surface area contributed by atoms with E-state index in [2.05, 4.69) is 26.2 Å². The molecule has 6 heteroatoms. The number of rotatable bonds is 3. The molecule has 2 bridgehead atoms. The second kappa shape index (κ2) is 6.63. The van der Waals surface area contributed by atoms with E-state index in [9.17, 15) is 9.59 Å². The average molecular weight is 354 g/mol. The molecule has 0 aromatic heterocycles. The number of morpholine rings is 1. The third-order valence-corrected chi connectivity index (χ3v) is 6.76. The Morgan fingerprint density at radius 2 is 1.62 bits per heavy atom. The molecule has 0 N–H and O–H groups in total. The summed E-state index contributed by atoms with van der Waals surface area (Å²) in [6, 6.07) is -0.175. The number of hydrogen-bond donors (Lipinski definition) is 0. The number of ketones is 1. The molecule has 5 nitrogen and oxygen atoms in total. The van der Waals surface area contributed by atoms with Gasteiger partial charge in [-0.05, 0) is 38.8 Å². The largest absolute Gasteiger partial charge is 0.444 e. The maximum Gasteiger partial charge on any atom is 0.410 e. The molecule has 0 aliphatic carbocycles. The van der Waals surface area contributed by atoms with E-state index in [1.807, 2.05) is 20.8 Å². The molecule has 2 unspecified atom stereocenters. The van der Waals surface area contributed by atoms with Crippen molar-refractivity contribution in [3.05, 3.63) is 11.8 Å². The number of amides is 1. The average Bonchev–Trinajstić information content (AvgIpc) is 2.41. The highest BCUT2D eigenvalue weighted by Crippen LogP contribution is 2.35. The van der Waals surface area contributed by atoms with Gasteiger partial charge >= 0.3 is 6.09 Å². The molecule has 0 spiro atoms. The minimum absolute atomic E-state index is 0.0539. The van der Waals surface area contributed by atoms with Gasteiger partial charge in [0.25, 0.3) is 0 Å². The Bertz CT molecular complexity index is 518. The Labute approximate surface area is 146 Å². The molecular weight excluding hydrogens is 322 g/mol. The summed E-state index contributed by atoms with van der Waals surface area (Å²) in [6.45, 7) is 17.1. The number of ether oxygens (including phenoxy) is 2. The van der Waals surface area contributed by atoms with Crippen molar-refractivity contribution in [2.45, 2.75) is 70.9 Å². The highest BCUT2D eigenvalue weighted by atomic mass is 28.3. The minimum atomic E-state index is -1.69. The van der Waals surface area contributed by atoms with Crippen LogP contribution in [0.3, 0.4) is 0 Å². The van der Waals surface area contributed by atoms with Crippen molar-refractivity contribution in [3.8, 4) is 0 Å². The minimum Gasteiger partial charge on any atom is -0.444 e. The predicted molar refractivity (Wildman–Crippen MR) is 96.7 cm³/mol. The standard InChI is InChI=1S/C18H31NO4Si/c1-12(24(5,6)7)16(20)13-8-14-10-22-11-15(9-13)19(14)17(21)23-18(2,3)4/h13-15H,1,8-11H2,2-7H3. The molecule has 0 radical (unpaired) electrons. The number of carbonyl (C=O) groups excluding carboxylic acids is 2. The Morgan fingerprint density at radius 1 is 1.12 bits per heavy atom. The zero-order valence-corrected chi connectivity index (χ0v) is 16.8. The first-order chi connectivity index (χ1) is 10.9. The normalized spacial score (nSPS) is 27.6. The zero-order valence-electron chi connectivity index (χ0n) is 15.8. The van der Waals surface area contributed by atoms with Gasteiger partial charge in [0.1, 0.15) is 5.60 Å². The van der Waals surface area contributed by atoms with E-state index >= 15 is 0 Å². The van der Waals surface area contributed by atoms with Crippen LogP contribution in [0.2, 0.25) is 19.6 Å². The summed E-state index contributed by atoms with van der Waals surface area (Å²) in [5.74, 6) is 0.136. The molecule has 2 aliphatic heterocycles. The second-order valence-corrected chi connectivity index (χ2v) is 14.1. The van der Waals surface area contributed by atoms with E-state index < -0.39 is 13.7 Å². The first-order valence-corrected chi connectivity index (χ1v) is 12.2. The number of nitrogens with zero attached hydrogens (tertiary/aromatic N) is 1. The van der Waals surface area contributed by atoms with Crippen molar-refractivity contribution in [1.82, 2.24) is 4.90 Å². The molecule has 24 heavy (non-hydrogen) atoms. The van der Waals surface area contributed by atoms with Crippen molar-refractivity contribution >= 4 is 20.0 Å². The van der Waals surface area contributed by atoms with Crippen LogP contribution in [0.5, 0.6) is 0 Å². The lowest BCUT2D eigenvalue weighted by atomic mass is 9.82. The molecule has 2 atom stereocenters. The monoisotopic (exact) mass is 353 g/mol. The topological polar surface area (TPSA) is 55.8 Å². The van der Waals surface area contributed by atoms with Crippen LogP contribution >= 0.6 is 0 Å². The molecule has 1 amide bonds. The number of allylic oxidation sites excluding steroid dienone is 1. The summed E-state index contributed by atoms with van der Waals surface area (Å²) in [4.78, 5) is 27.2. The lowest BCUT2D eigenvalue weighted by molar-refractivity contribution is -0.128. The Morgan fingerprint density at radius 3 is 2.04 bits per heavy atom. The lowest BCUT2D eigenvalue weighted by Crippen LogP contribution is -2.60. The highest BCUT2D eigenvalue weighted by molar-refractivity contribution is 6.87. The van der Waals surface area contributed by atoms with Crippen LogP contribution in [0.1, 0.15) is 33.6 Å². The maximum atomic E-state index is 12.8. The Kier molecular flexibility index (Phi) is 5.30. The maximum absolute atomic E-state index is 12.8. The van der Waals surface area contributed by atoms with Crippen molar-refractivity contribution in [2.24, 2.45) is 5.92 Å². The van der Waals surface area contributed by atoms with Crippen LogP contribution < -0.4 is 0 Å². The van der Waals surface area contributed by atoms with E-state index in [-0.39, 0.29) is 29.9 Å². The van der Waals surface area contributed by atoms with Crippen LogP contribution in [0, 0.1) is 5.92 Å². The smallest absolute Gasteiger partial charge is 0.410 e. The van der Waals surface area contributed by atoms with Gasteiger partial charge in [-0.1, -0.05) is 26.2 Å². The van der Waals surface area contributed by atoms with Crippen LogP contribution in [0.25, 0.3) is 0 Å². The van der Waals surface area contributed by atoms with Crippen molar-refractivity contribution in [1.29, 1.82) is 0 Å². The van der Waals surface area contributed by atoms with E-state index in [0.29, 0.717) is 26.1 Å². The molecule has 0 aromatic rings. The van der Waals surface area contributed by atoms with Gasteiger partial charge in [-0.25, -0.2) is 4.79 Å². The Balaban J connectivity index is 2.12. The first kappa shape index (κ1) is 19.2. The Hall–Kier alpha value is -1.14. The molecule has 0 aromatic carbocycles. The fraction of sp³-hybridized carbons (Fsp3) is 0.778. The first-order valence-electron chi connectivity index (χ1n) is 8.73. The molecule has 2 saturated heterocycles. The number of piperidine rings is 1. The summed E-state index contributed by atoms with van der Waals surface area (Å²) in [7, 11) is -1.69. The summed E-state index contributed by atoms with van der Waals surface area (Å²) in [5, 5.41) is 0.803. The second-order valence-electron chi connectivity index (χ2n) is 8.99. The van der Waals surface area contributed by atoms with Crippen LogP contribution in [0.15, 0.2) is 11.8 Å². The molecule has 2 heterocycles. The third kappa shape index (κ3) is 4.28. The van der Waals surface area contributed by atoms with E-state index in [0.717, 1.165) is 5.20 Å². The summed E-state index contributed by atoms with van der Waals surface area (Å²) in [5.41, 5.74) is -0.523.